The van der Waals surface area contributed by atoms with E-state index in [9.17, 15) is 13.2 Å². The van der Waals surface area contributed by atoms with Crippen molar-refractivity contribution in [3.63, 3.8) is 0 Å². The highest BCUT2D eigenvalue weighted by molar-refractivity contribution is 9.10. The van der Waals surface area contributed by atoms with Gasteiger partial charge < -0.3 is 10.1 Å². The summed E-state index contributed by atoms with van der Waals surface area (Å²) in [5.41, 5.74) is 1.93. The van der Waals surface area contributed by atoms with Crippen molar-refractivity contribution in [2.24, 2.45) is 0 Å². The van der Waals surface area contributed by atoms with Crippen LogP contribution < -0.4 is 10.1 Å². The molecule has 2 heterocycles. The average molecular weight is 416 g/mol. The van der Waals surface area contributed by atoms with Gasteiger partial charge in [0.05, 0.1) is 11.6 Å². The van der Waals surface area contributed by atoms with Crippen LogP contribution in [0.1, 0.15) is 17.0 Å². The van der Waals surface area contributed by atoms with E-state index in [1.165, 1.54) is 7.11 Å². The fraction of sp³-hybridized carbons (Fsp3) is 0.267. The molecule has 0 aliphatic rings. The van der Waals surface area contributed by atoms with Crippen LogP contribution in [0.2, 0.25) is 0 Å². The second-order valence-electron chi connectivity index (χ2n) is 5.33. The smallest absolute Gasteiger partial charge is 0.453 e. The van der Waals surface area contributed by atoms with Crippen molar-refractivity contribution in [2.45, 2.75) is 20.0 Å². The summed E-state index contributed by atoms with van der Waals surface area (Å²) in [6.07, 6.45) is -4.65. The van der Waals surface area contributed by atoms with E-state index in [2.05, 4.69) is 36.5 Å². The van der Waals surface area contributed by atoms with Crippen LogP contribution in [0.4, 0.5) is 24.7 Å². The SMILES string of the molecule is COc1cc(Nc2nn3c(C(F)(F)F)nnc3c(C)c2C)ccc1Br. The first-order valence-electron chi connectivity index (χ1n) is 7.12. The molecule has 3 aromatic rings. The normalized spacial score (nSPS) is 11.8. The Balaban J connectivity index is 2.11. The molecule has 0 saturated heterocycles. The predicted octanol–water partition coefficient (Wildman–Crippen LogP) is 4.27. The van der Waals surface area contributed by atoms with Crippen molar-refractivity contribution in [1.82, 2.24) is 19.8 Å². The number of ether oxygens (including phenoxy) is 1. The number of nitrogens with zero attached hydrogens (tertiary/aromatic N) is 4. The number of aromatic nitrogens is 4. The lowest BCUT2D eigenvalue weighted by Gasteiger charge is -2.13. The largest absolute Gasteiger partial charge is 0.495 e. The molecule has 0 radical (unpaired) electrons. The minimum atomic E-state index is -4.65. The summed E-state index contributed by atoms with van der Waals surface area (Å²) in [7, 11) is 1.52. The average Bonchev–Trinajstić information content (AvgIpc) is 2.98. The molecule has 25 heavy (non-hydrogen) atoms. The molecule has 0 bridgehead atoms. The van der Waals surface area contributed by atoms with Crippen molar-refractivity contribution in [2.75, 3.05) is 12.4 Å². The lowest BCUT2D eigenvalue weighted by atomic mass is 10.2. The number of nitrogens with one attached hydrogen (secondary N) is 1. The summed E-state index contributed by atoms with van der Waals surface area (Å²) in [6.45, 7) is 3.43. The van der Waals surface area contributed by atoms with Crippen LogP contribution in [0.25, 0.3) is 5.65 Å². The highest BCUT2D eigenvalue weighted by atomic mass is 79.9. The van der Waals surface area contributed by atoms with Gasteiger partial charge in [0, 0.05) is 22.9 Å². The Hall–Kier alpha value is -2.36. The number of fused-ring (bicyclic) bond motifs is 1. The number of aryl methyl sites for hydroxylation is 1. The van der Waals surface area contributed by atoms with Crippen molar-refractivity contribution >= 4 is 33.1 Å². The van der Waals surface area contributed by atoms with Crippen LogP contribution in [-0.2, 0) is 6.18 Å². The minimum Gasteiger partial charge on any atom is -0.495 e. The van der Waals surface area contributed by atoms with Crippen LogP contribution in [0.15, 0.2) is 22.7 Å². The lowest BCUT2D eigenvalue weighted by molar-refractivity contribution is -0.146. The third-order valence-corrected chi connectivity index (χ3v) is 4.42. The molecule has 0 aliphatic carbocycles. The molecule has 0 amide bonds. The molecule has 0 atom stereocenters. The second kappa shape index (κ2) is 6.17. The van der Waals surface area contributed by atoms with E-state index in [4.69, 9.17) is 4.74 Å². The van der Waals surface area contributed by atoms with Gasteiger partial charge in [-0.15, -0.1) is 15.3 Å². The second-order valence-corrected chi connectivity index (χ2v) is 6.18. The Morgan fingerprint density at radius 3 is 2.52 bits per heavy atom. The van der Waals surface area contributed by atoms with E-state index in [0.717, 1.165) is 4.47 Å². The number of benzene rings is 1. The Labute approximate surface area is 149 Å². The van der Waals surface area contributed by atoms with Gasteiger partial charge in [0.15, 0.2) is 11.5 Å². The van der Waals surface area contributed by atoms with E-state index in [1.54, 1.807) is 32.0 Å². The molecule has 1 aromatic carbocycles. The molecule has 0 saturated carbocycles. The number of halogens is 4. The fourth-order valence-corrected chi connectivity index (χ4v) is 2.71. The molecular formula is C15H13BrF3N5O. The molecule has 10 heteroatoms. The van der Waals surface area contributed by atoms with Crippen molar-refractivity contribution in [3.8, 4) is 5.75 Å². The summed E-state index contributed by atoms with van der Waals surface area (Å²) >= 11 is 3.35. The molecular weight excluding hydrogens is 403 g/mol. The maximum Gasteiger partial charge on any atom is 0.453 e. The summed E-state index contributed by atoms with van der Waals surface area (Å²) in [5, 5.41) is 13.9. The van der Waals surface area contributed by atoms with Crippen LogP contribution >= 0.6 is 15.9 Å². The van der Waals surface area contributed by atoms with E-state index < -0.39 is 12.0 Å². The Bertz CT molecular complexity index is 954. The lowest BCUT2D eigenvalue weighted by Crippen LogP contribution is -2.14. The van der Waals surface area contributed by atoms with E-state index in [-0.39, 0.29) is 11.5 Å². The number of anilines is 2. The topological polar surface area (TPSA) is 64.3 Å². The maximum absolute atomic E-state index is 13.1. The zero-order chi connectivity index (χ0) is 18.4. The zero-order valence-electron chi connectivity index (χ0n) is 13.4. The summed E-state index contributed by atoms with van der Waals surface area (Å²) < 4.78 is 45.9. The summed E-state index contributed by atoms with van der Waals surface area (Å²) in [4.78, 5) is 0. The number of alkyl halides is 3. The quantitative estimate of drug-likeness (QED) is 0.691. The summed E-state index contributed by atoms with van der Waals surface area (Å²) in [5.74, 6) is -0.303. The van der Waals surface area contributed by atoms with Gasteiger partial charge in [-0.2, -0.15) is 17.7 Å². The van der Waals surface area contributed by atoms with Crippen LogP contribution in [-0.4, -0.2) is 26.9 Å². The molecule has 0 unspecified atom stereocenters. The monoisotopic (exact) mass is 415 g/mol. The van der Waals surface area contributed by atoms with Crippen LogP contribution in [0.3, 0.4) is 0 Å². The molecule has 1 N–H and O–H groups in total. The maximum atomic E-state index is 13.1. The highest BCUT2D eigenvalue weighted by Crippen LogP contribution is 2.32. The Morgan fingerprint density at radius 1 is 1.16 bits per heavy atom. The van der Waals surface area contributed by atoms with Crippen molar-refractivity contribution < 1.29 is 17.9 Å². The first kappa shape index (κ1) is 17.5. The van der Waals surface area contributed by atoms with Gasteiger partial charge in [-0.05, 0) is 41.9 Å². The molecule has 0 spiro atoms. The molecule has 132 valence electrons. The number of methoxy groups -OCH3 is 1. The van der Waals surface area contributed by atoms with E-state index in [1.807, 2.05) is 0 Å². The first-order valence-corrected chi connectivity index (χ1v) is 7.92. The highest BCUT2D eigenvalue weighted by Gasteiger charge is 2.38. The fourth-order valence-electron chi connectivity index (χ4n) is 2.30. The standard InChI is InChI=1S/C15H13BrF3N5O/c1-7-8(2)13-21-22-14(15(17,18)19)24(13)23-12(7)20-9-4-5-10(16)11(6-9)25-3/h4-6H,1-3H3,(H,20,23). The van der Waals surface area contributed by atoms with Gasteiger partial charge in [0.2, 0.25) is 0 Å². The third-order valence-electron chi connectivity index (χ3n) is 3.76. The Kier molecular flexibility index (Phi) is 4.31. The summed E-state index contributed by atoms with van der Waals surface area (Å²) in [6, 6.07) is 5.23. The molecule has 0 fully saturated rings. The van der Waals surface area contributed by atoms with Crippen molar-refractivity contribution in [3.05, 3.63) is 39.6 Å². The van der Waals surface area contributed by atoms with Gasteiger partial charge in [-0.25, -0.2) is 0 Å². The number of hydrogen-bond acceptors (Lipinski definition) is 5. The number of hydrogen-bond donors (Lipinski definition) is 1. The van der Waals surface area contributed by atoms with Crippen LogP contribution in [0.5, 0.6) is 5.75 Å². The van der Waals surface area contributed by atoms with Gasteiger partial charge in [0.1, 0.15) is 5.75 Å². The molecule has 2 aromatic heterocycles. The van der Waals surface area contributed by atoms with Gasteiger partial charge >= 0.3 is 6.18 Å². The molecule has 6 nitrogen and oxygen atoms in total. The number of rotatable bonds is 3. The van der Waals surface area contributed by atoms with E-state index >= 15 is 0 Å². The first-order chi connectivity index (χ1) is 11.7. The molecule has 0 aliphatic heterocycles. The third kappa shape index (κ3) is 3.13. The Morgan fingerprint density at radius 2 is 1.88 bits per heavy atom. The predicted molar refractivity (Wildman–Crippen MR) is 89.2 cm³/mol. The van der Waals surface area contributed by atoms with Gasteiger partial charge in [-0.1, -0.05) is 0 Å². The van der Waals surface area contributed by atoms with Crippen LogP contribution in [0, 0.1) is 13.8 Å². The van der Waals surface area contributed by atoms with Gasteiger partial charge in [0.25, 0.3) is 5.82 Å². The van der Waals surface area contributed by atoms with Crippen molar-refractivity contribution in [1.29, 1.82) is 0 Å². The van der Waals surface area contributed by atoms with Gasteiger partial charge in [-0.3, -0.25) is 0 Å². The zero-order valence-corrected chi connectivity index (χ0v) is 15.0. The minimum absolute atomic E-state index is 0.0729. The van der Waals surface area contributed by atoms with E-state index in [0.29, 0.717) is 27.1 Å². The molecule has 3 rings (SSSR count).